The molecule has 5 rings (SSSR count). The first-order valence-corrected chi connectivity index (χ1v) is 10.8. The maximum absolute atomic E-state index is 5.26. The van der Waals surface area contributed by atoms with E-state index in [1.807, 2.05) is 29.5 Å². The summed E-state index contributed by atoms with van der Waals surface area (Å²) < 4.78 is 5.26. The second-order valence-electron chi connectivity index (χ2n) is 7.39. The van der Waals surface area contributed by atoms with Crippen LogP contribution in [-0.2, 0) is 25.8 Å². The number of ether oxygens (including phenoxy) is 1. The molecule has 2 aromatic heterocycles. The largest absolute Gasteiger partial charge is 0.497 e. The van der Waals surface area contributed by atoms with Crippen LogP contribution in [0.1, 0.15) is 33.8 Å². The van der Waals surface area contributed by atoms with Gasteiger partial charge in [0.05, 0.1) is 12.5 Å². The number of thiophene rings is 1. The van der Waals surface area contributed by atoms with E-state index in [0.717, 1.165) is 41.6 Å². The Balaban J connectivity index is 1.48. The molecule has 5 heteroatoms. The van der Waals surface area contributed by atoms with Crippen LogP contribution in [0.15, 0.2) is 54.6 Å². The van der Waals surface area contributed by atoms with E-state index < -0.39 is 0 Å². The van der Waals surface area contributed by atoms with Crippen molar-refractivity contribution in [2.75, 3.05) is 12.4 Å². The Hall–Kier alpha value is -2.92. The van der Waals surface area contributed by atoms with Crippen molar-refractivity contribution in [3.63, 3.8) is 0 Å². The highest BCUT2D eigenvalue weighted by molar-refractivity contribution is 7.19. The molecule has 146 valence electrons. The van der Waals surface area contributed by atoms with E-state index >= 15 is 0 Å². The molecule has 0 bridgehead atoms. The van der Waals surface area contributed by atoms with Crippen molar-refractivity contribution >= 4 is 27.4 Å². The highest BCUT2D eigenvalue weighted by Gasteiger charge is 2.22. The zero-order chi connectivity index (χ0) is 19.6. The van der Waals surface area contributed by atoms with Crippen LogP contribution < -0.4 is 10.1 Å². The number of hydrogen-bond acceptors (Lipinski definition) is 5. The van der Waals surface area contributed by atoms with Gasteiger partial charge in [-0.2, -0.15) is 0 Å². The molecule has 0 atom stereocenters. The molecule has 0 aliphatic heterocycles. The van der Waals surface area contributed by atoms with Crippen LogP contribution in [0.25, 0.3) is 10.2 Å². The summed E-state index contributed by atoms with van der Waals surface area (Å²) in [5, 5.41) is 4.83. The van der Waals surface area contributed by atoms with Crippen LogP contribution in [0, 0.1) is 0 Å². The average molecular weight is 402 g/mol. The second-order valence-corrected chi connectivity index (χ2v) is 8.47. The second kappa shape index (κ2) is 7.84. The quantitative estimate of drug-likeness (QED) is 0.470. The lowest BCUT2D eigenvalue weighted by molar-refractivity contribution is 0.414. The number of nitrogens with zero attached hydrogens (tertiary/aromatic N) is 2. The van der Waals surface area contributed by atoms with Gasteiger partial charge < -0.3 is 10.1 Å². The molecule has 0 saturated heterocycles. The van der Waals surface area contributed by atoms with E-state index in [4.69, 9.17) is 14.7 Å². The molecule has 0 fully saturated rings. The van der Waals surface area contributed by atoms with Gasteiger partial charge in [-0.05, 0) is 48.1 Å². The molecular weight excluding hydrogens is 378 g/mol. The van der Waals surface area contributed by atoms with Gasteiger partial charge in [-0.3, -0.25) is 0 Å². The Morgan fingerprint density at radius 1 is 0.966 bits per heavy atom. The molecule has 1 aliphatic rings. The summed E-state index contributed by atoms with van der Waals surface area (Å²) in [5.41, 5.74) is 3.89. The van der Waals surface area contributed by atoms with Crippen molar-refractivity contribution < 1.29 is 4.74 Å². The smallest absolute Gasteiger partial charge is 0.139 e. The molecule has 1 N–H and O–H groups in total. The fourth-order valence-corrected chi connectivity index (χ4v) is 5.23. The van der Waals surface area contributed by atoms with Crippen LogP contribution in [0.5, 0.6) is 5.75 Å². The number of benzene rings is 2. The number of anilines is 1. The molecule has 1 aliphatic carbocycles. The third kappa shape index (κ3) is 3.70. The summed E-state index contributed by atoms with van der Waals surface area (Å²) in [6, 6.07) is 18.6. The lowest BCUT2D eigenvalue weighted by Gasteiger charge is -2.11. The lowest BCUT2D eigenvalue weighted by atomic mass is 10.1. The van der Waals surface area contributed by atoms with Crippen molar-refractivity contribution in [1.29, 1.82) is 0 Å². The number of nitrogens with one attached hydrogen (secondary N) is 1. The van der Waals surface area contributed by atoms with Gasteiger partial charge >= 0.3 is 0 Å². The summed E-state index contributed by atoms with van der Waals surface area (Å²) in [6.07, 6.45) is 4.29. The number of hydrogen-bond donors (Lipinski definition) is 1. The highest BCUT2D eigenvalue weighted by atomic mass is 32.1. The van der Waals surface area contributed by atoms with Gasteiger partial charge in [0.1, 0.15) is 22.2 Å². The van der Waals surface area contributed by atoms with Gasteiger partial charge in [0.25, 0.3) is 0 Å². The zero-order valence-corrected chi connectivity index (χ0v) is 17.3. The Morgan fingerprint density at radius 3 is 2.59 bits per heavy atom. The van der Waals surface area contributed by atoms with Gasteiger partial charge in [-0.25, -0.2) is 9.97 Å². The van der Waals surface area contributed by atoms with E-state index in [9.17, 15) is 0 Å². The highest BCUT2D eigenvalue weighted by Crippen LogP contribution is 2.39. The molecular formula is C24H23N3OS. The third-order valence-electron chi connectivity index (χ3n) is 5.44. The number of aryl methyl sites for hydroxylation is 2. The molecule has 0 radical (unpaired) electrons. The van der Waals surface area contributed by atoms with Crippen LogP contribution in [-0.4, -0.2) is 17.1 Å². The van der Waals surface area contributed by atoms with E-state index in [0.29, 0.717) is 0 Å². The first-order valence-electron chi connectivity index (χ1n) is 10.0. The Kier molecular flexibility index (Phi) is 4.90. The third-order valence-corrected chi connectivity index (χ3v) is 6.62. The number of rotatable bonds is 6. The molecule has 0 spiro atoms. The summed E-state index contributed by atoms with van der Waals surface area (Å²) in [4.78, 5) is 12.5. The van der Waals surface area contributed by atoms with Gasteiger partial charge in [0.15, 0.2) is 0 Å². The Labute approximate surface area is 174 Å². The van der Waals surface area contributed by atoms with Crippen LogP contribution in [0.4, 0.5) is 5.82 Å². The van der Waals surface area contributed by atoms with Gasteiger partial charge in [0.2, 0.25) is 0 Å². The SMILES string of the molecule is COc1ccc(CNc2nc(Cc3ccccc3)nc3sc4c(c23)CCC4)cc1. The Bertz CT molecular complexity index is 1140. The molecule has 2 aromatic carbocycles. The standard InChI is InChI=1S/C24H23N3OS/c1-28-18-12-10-17(11-13-18)15-25-23-22-19-8-5-9-20(19)29-24(22)27-21(26-23)14-16-6-3-2-4-7-16/h2-4,6-7,10-13H,5,8-9,14-15H2,1H3,(H,25,26,27). The molecule has 0 saturated carbocycles. The average Bonchev–Trinajstić information content (AvgIpc) is 3.34. The first kappa shape index (κ1) is 18.1. The van der Waals surface area contributed by atoms with Crippen LogP contribution >= 0.6 is 11.3 Å². The van der Waals surface area contributed by atoms with Gasteiger partial charge in [-0.15, -0.1) is 11.3 Å². The summed E-state index contributed by atoms with van der Waals surface area (Å²) in [5.74, 6) is 2.72. The van der Waals surface area contributed by atoms with E-state index in [1.54, 1.807) is 7.11 Å². The van der Waals surface area contributed by atoms with E-state index in [-0.39, 0.29) is 0 Å². The fraction of sp³-hybridized carbons (Fsp3) is 0.250. The monoisotopic (exact) mass is 401 g/mol. The van der Waals surface area contributed by atoms with Crippen molar-refractivity contribution in [2.24, 2.45) is 0 Å². The predicted octanol–water partition coefficient (Wildman–Crippen LogP) is 5.39. The maximum Gasteiger partial charge on any atom is 0.139 e. The topological polar surface area (TPSA) is 47.0 Å². The molecule has 4 aromatic rings. The van der Waals surface area contributed by atoms with Crippen molar-refractivity contribution in [1.82, 2.24) is 9.97 Å². The number of methoxy groups -OCH3 is 1. The van der Waals surface area contributed by atoms with Gasteiger partial charge in [-0.1, -0.05) is 42.5 Å². The maximum atomic E-state index is 5.26. The van der Waals surface area contributed by atoms with Crippen molar-refractivity contribution in [2.45, 2.75) is 32.2 Å². The minimum atomic E-state index is 0.728. The summed E-state index contributed by atoms with van der Waals surface area (Å²) >= 11 is 1.84. The molecule has 4 nitrogen and oxygen atoms in total. The normalized spacial score (nSPS) is 12.9. The van der Waals surface area contributed by atoms with Crippen molar-refractivity contribution in [3.8, 4) is 5.75 Å². The first-order chi connectivity index (χ1) is 14.3. The Morgan fingerprint density at radius 2 is 1.79 bits per heavy atom. The predicted molar refractivity (Wildman–Crippen MR) is 119 cm³/mol. The number of aromatic nitrogens is 2. The fourth-order valence-electron chi connectivity index (χ4n) is 3.95. The zero-order valence-electron chi connectivity index (χ0n) is 16.4. The minimum Gasteiger partial charge on any atom is -0.497 e. The summed E-state index contributed by atoms with van der Waals surface area (Å²) in [6.45, 7) is 0.728. The van der Waals surface area contributed by atoms with Gasteiger partial charge in [0, 0.05) is 17.8 Å². The van der Waals surface area contributed by atoms with Crippen molar-refractivity contribution in [3.05, 3.63) is 82.0 Å². The number of fused-ring (bicyclic) bond motifs is 3. The minimum absolute atomic E-state index is 0.728. The van der Waals surface area contributed by atoms with Crippen LogP contribution in [0.3, 0.4) is 0 Å². The molecule has 29 heavy (non-hydrogen) atoms. The van der Waals surface area contributed by atoms with Crippen LogP contribution in [0.2, 0.25) is 0 Å². The molecule has 0 unspecified atom stereocenters. The molecule has 0 amide bonds. The van der Waals surface area contributed by atoms with E-state index in [1.165, 1.54) is 39.8 Å². The van der Waals surface area contributed by atoms with E-state index in [2.05, 4.69) is 41.7 Å². The lowest BCUT2D eigenvalue weighted by Crippen LogP contribution is -2.06. The summed E-state index contributed by atoms with van der Waals surface area (Å²) in [7, 11) is 1.69. The molecule has 2 heterocycles.